The fraction of sp³-hybridized carbons (Fsp3) is 0.143. The maximum Gasteiger partial charge on any atom is 0.343 e. The number of fused-ring (bicyclic) bond motifs is 1. The van der Waals surface area contributed by atoms with Crippen LogP contribution in [0.3, 0.4) is 0 Å². The molecule has 0 saturated carbocycles. The summed E-state index contributed by atoms with van der Waals surface area (Å²) in [7, 11) is 0. The summed E-state index contributed by atoms with van der Waals surface area (Å²) in [4.78, 5) is 46.2. The summed E-state index contributed by atoms with van der Waals surface area (Å²) >= 11 is 1.17. The van der Waals surface area contributed by atoms with E-state index in [4.69, 9.17) is 4.84 Å². The maximum atomic E-state index is 12.3. The van der Waals surface area contributed by atoms with Gasteiger partial charge in [0.25, 0.3) is 11.8 Å². The van der Waals surface area contributed by atoms with Crippen LogP contribution in [0.2, 0.25) is 0 Å². The van der Waals surface area contributed by atoms with Gasteiger partial charge in [-0.15, -0.1) is 0 Å². The van der Waals surface area contributed by atoms with E-state index in [0.717, 1.165) is 16.8 Å². The molecule has 29 heavy (non-hydrogen) atoms. The zero-order valence-electron chi connectivity index (χ0n) is 15.8. The second-order valence-electron chi connectivity index (χ2n) is 6.50. The first-order chi connectivity index (χ1) is 14.0. The van der Waals surface area contributed by atoms with Crippen LogP contribution in [0.1, 0.15) is 31.8 Å². The summed E-state index contributed by atoms with van der Waals surface area (Å²) in [6.45, 7) is 4.05. The number of imidazole rings is 1. The van der Waals surface area contributed by atoms with Crippen molar-refractivity contribution in [3.63, 3.8) is 0 Å². The summed E-state index contributed by atoms with van der Waals surface area (Å²) in [6, 6.07) is 12.3. The number of amides is 2. The molecule has 4 rings (SSSR count). The van der Waals surface area contributed by atoms with Crippen molar-refractivity contribution in [2.75, 3.05) is 5.75 Å². The molecule has 7 nitrogen and oxygen atoms in total. The molecule has 8 heteroatoms. The molecule has 1 aromatic heterocycles. The highest BCUT2D eigenvalue weighted by atomic mass is 32.2. The second-order valence-corrected chi connectivity index (χ2v) is 7.44. The lowest BCUT2D eigenvalue weighted by Crippen LogP contribution is -2.33. The first kappa shape index (κ1) is 18.9. The van der Waals surface area contributed by atoms with Crippen LogP contribution in [0.25, 0.3) is 5.69 Å². The number of carbonyl (C=O) groups excluding carboxylic acids is 3. The quantitative estimate of drug-likeness (QED) is 0.477. The van der Waals surface area contributed by atoms with Crippen LogP contribution < -0.4 is 0 Å². The number of thioether (sulfide) groups is 1. The highest BCUT2D eigenvalue weighted by Crippen LogP contribution is 2.26. The predicted octanol–water partition coefficient (Wildman–Crippen LogP) is 3.34. The standard InChI is InChI=1S/C21H17N3O4S/c1-13-6-5-9-17(14(13)2)23-11-10-22-21(23)29-12-18(25)28-24-19(26)15-7-3-4-8-16(15)20(24)27/h3-11H,12H2,1-2H3. The van der Waals surface area contributed by atoms with E-state index < -0.39 is 17.8 Å². The Morgan fingerprint density at radius 1 is 1.03 bits per heavy atom. The third kappa shape index (κ3) is 3.42. The number of rotatable bonds is 5. The van der Waals surface area contributed by atoms with Crippen molar-refractivity contribution in [2.45, 2.75) is 19.0 Å². The summed E-state index contributed by atoms with van der Waals surface area (Å²) < 4.78 is 1.89. The lowest BCUT2D eigenvalue weighted by atomic mass is 10.1. The van der Waals surface area contributed by atoms with E-state index >= 15 is 0 Å². The number of nitrogens with zero attached hydrogens (tertiary/aromatic N) is 3. The Balaban J connectivity index is 1.44. The molecule has 2 amide bonds. The second kappa shape index (κ2) is 7.56. The number of hydroxylamine groups is 2. The minimum atomic E-state index is -0.708. The third-order valence-electron chi connectivity index (χ3n) is 4.71. The molecule has 0 bridgehead atoms. The molecule has 0 spiro atoms. The van der Waals surface area contributed by atoms with Crippen molar-refractivity contribution in [3.05, 3.63) is 77.1 Å². The van der Waals surface area contributed by atoms with Gasteiger partial charge >= 0.3 is 5.97 Å². The Bertz CT molecular complexity index is 1100. The summed E-state index contributed by atoms with van der Waals surface area (Å²) in [6.07, 6.45) is 3.47. The van der Waals surface area contributed by atoms with Crippen molar-refractivity contribution >= 4 is 29.5 Å². The molecular formula is C21H17N3O4S. The van der Waals surface area contributed by atoms with Crippen LogP contribution in [-0.2, 0) is 9.63 Å². The number of hydrogen-bond acceptors (Lipinski definition) is 6. The highest BCUT2D eigenvalue weighted by Gasteiger charge is 2.38. The van der Waals surface area contributed by atoms with Crippen LogP contribution in [0, 0.1) is 13.8 Å². The molecule has 0 saturated heterocycles. The Morgan fingerprint density at radius 3 is 2.41 bits per heavy atom. The van der Waals surface area contributed by atoms with Gasteiger partial charge in [0, 0.05) is 12.4 Å². The Kier molecular flexibility index (Phi) is 4.94. The molecule has 1 aliphatic rings. The normalized spacial score (nSPS) is 13.0. The van der Waals surface area contributed by atoms with Crippen molar-refractivity contribution in [3.8, 4) is 5.69 Å². The first-order valence-corrected chi connectivity index (χ1v) is 9.87. The van der Waals surface area contributed by atoms with Crippen LogP contribution in [-0.4, -0.2) is 38.2 Å². The Labute approximate surface area is 171 Å². The van der Waals surface area contributed by atoms with E-state index in [9.17, 15) is 14.4 Å². The summed E-state index contributed by atoms with van der Waals surface area (Å²) in [5, 5.41) is 1.13. The Morgan fingerprint density at radius 2 is 1.72 bits per heavy atom. The van der Waals surface area contributed by atoms with Gasteiger partial charge in [-0.1, -0.05) is 41.1 Å². The topological polar surface area (TPSA) is 81.5 Å². The van der Waals surface area contributed by atoms with Gasteiger partial charge in [0.2, 0.25) is 0 Å². The highest BCUT2D eigenvalue weighted by molar-refractivity contribution is 7.99. The first-order valence-electron chi connectivity index (χ1n) is 8.88. The van der Waals surface area contributed by atoms with E-state index in [1.54, 1.807) is 18.3 Å². The number of benzene rings is 2. The molecule has 1 aliphatic heterocycles. The van der Waals surface area contributed by atoms with E-state index in [-0.39, 0.29) is 16.9 Å². The fourth-order valence-corrected chi connectivity index (χ4v) is 3.81. The molecule has 0 aliphatic carbocycles. The lowest BCUT2D eigenvalue weighted by molar-refractivity contribution is -0.165. The molecule has 0 radical (unpaired) electrons. The zero-order chi connectivity index (χ0) is 20.5. The molecule has 0 atom stereocenters. The van der Waals surface area contributed by atoms with Crippen molar-refractivity contribution in [1.82, 2.24) is 14.6 Å². The zero-order valence-corrected chi connectivity index (χ0v) is 16.6. The largest absolute Gasteiger partial charge is 0.343 e. The van der Waals surface area contributed by atoms with E-state index in [0.29, 0.717) is 10.2 Å². The van der Waals surface area contributed by atoms with Crippen LogP contribution in [0.4, 0.5) is 0 Å². The summed E-state index contributed by atoms with van der Waals surface area (Å²) in [5.41, 5.74) is 3.68. The van der Waals surface area contributed by atoms with Gasteiger partial charge in [0.05, 0.1) is 16.8 Å². The fourth-order valence-electron chi connectivity index (χ4n) is 3.08. The average molecular weight is 407 g/mol. The van der Waals surface area contributed by atoms with Gasteiger partial charge in [0.15, 0.2) is 5.16 Å². The molecule has 0 N–H and O–H groups in total. The van der Waals surface area contributed by atoms with Crippen molar-refractivity contribution in [1.29, 1.82) is 0 Å². The van der Waals surface area contributed by atoms with E-state index in [1.807, 2.05) is 42.8 Å². The molecular weight excluding hydrogens is 390 g/mol. The van der Waals surface area contributed by atoms with Gasteiger partial charge in [-0.3, -0.25) is 14.2 Å². The molecule has 146 valence electrons. The number of aryl methyl sites for hydroxylation is 1. The maximum absolute atomic E-state index is 12.3. The molecule has 2 heterocycles. The van der Waals surface area contributed by atoms with Crippen LogP contribution in [0.5, 0.6) is 0 Å². The number of aromatic nitrogens is 2. The van der Waals surface area contributed by atoms with Crippen molar-refractivity contribution in [2.24, 2.45) is 0 Å². The molecule has 2 aromatic carbocycles. The average Bonchev–Trinajstić information content (AvgIpc) is 3.28. The minimum Gasteiger partial charge on any atom is -0.329 e. The molecule has 3 aromatic rings. The number of carbonyl (C=O) groups is 3. The SMILES string of the molecule is Cc1cccc(-n2ccnc2SCC(=O)ON2C(=O)c3ccccc3C2=O)c1C. The van der Waals surface area contributed by atoms with Gasteiger partial charge in [-0.05, 0) is 43.2 Å². The number of imide groups is 1. The number of hydrogen-bond donors (Lipinski definition) is 0. The monoisotopic (exact) mass is 407 g/mol. The van der Waals surface area contributed by atoms with Gasteiger partial charge in [-0.2, -0.15) is 0 Å². The smallest absolute Gasteiger partial charge is 0.329 e. The Hall–Kier alpha value is -3.39. The lowest BCUT2D eigenvalue weighted by Gasteiger charge is -2.14. The molecule has 0 unspecified atom stereocenters. The van der Waals surface area contributed by atoms with Gasteiger partial charge in [-0.25, -0.2) is 9.78 Å². The van der Waals surface area contributed by atoms with E-state index in [1.165, 1.54) is 23.9 Å². The summed E-state index contributed by atoms with van der Waals surface area (Å²) in [5.74, 6) is -2.09. The molecule has 0 fully saturated rings. The van der Waals surface area contributed by atoms with Crippen LogP contribution in [0.15, 0.2) is 60.0 Å². The minimum absolute atomic E-state index is 0.102. The van der Waals surface area contributed by atoms with Gasteiger partial charge in [0.1, 0.15) is 5.75 Å². The van der Waals surface area contributed by atoms with Crippen molar-refractivity contribution < 1.29 is 19.2 Å². The van der Waals surface area contributed by atoms with E-state index in [2.05, 4.69) is 4.98 Å². The predicted molar refractivity (Wildman–Crippen MR) is 107 cm³/mol. The van der Waals surface area contributed by atoms with Gasteiger partial charge < -0.3 is 4.84 Å². The van der Waals surface area contributed by atoms with Crippen LogP contribution >= 0.6 is 11.8 Å². The third-order valence-corrected chi connectivity index (χ3v) is 5.65.